The molecule has 0 fully saturated rings. The molecule has 0 spiro atoms. The van der Waals surface area contributed by atoms with Crippen molar-refractivity contribution in [1.82, 2.24) is 0 Å². The molecule has 2 aromatic carbocycles. The van der Waals surface area contributed by atoms with Crippen LogP contribution in [0.3, 0.4) is 0 Å². The van der Waals surface area contributed by atoms with Crippen molar-refractivity contribution in [3.63, 3.8) is 0 Å². The summed E-state index contributed by atoms with van der Waals surface area (Å²) in [4.78, 5) is 10.8. The molecule has 0 saturated heterocycles. The fourth-order valence-electron chi connectivity index (χ4n) is 3.85. The average Bonchev–Trinajstić information content (AvgIpc) is 2.60. The Kier molecular flexibility index (Phi) is 12.3. The summed E-state index contributed by atoms with van der Waals surface area (Å²) in [5.41, 5.74) is 7.74. The van der Waals surface area contributed by atoms with Crippen LogP contribution in [0.15, 0.2) is 36.4 Å². The topological polar surface area (TPSA) is 28.2 Å². The second-order valence-electron chi connectivity index (χ2n) is 9.91. The van der Waals surface area contributed by atoms with Crippen LogP contribution in [0.1, 0.15) is 101 Å². The maximum absolute atomic E-state index is 5.40. The second kappa shape index (κ2) is 12.6. The van der Waals surface area contributed by atoms with E-state index in [-0.39, 0.29) is 36.8 Å². The third kappa shape index (κ3) is 7.72. The molecule has 0 saturated carbocycles. The molecule has 2 rings (SSSR count). The first-order valence-corrected chi connectivity index (χ1v) is 14.1. The minimum absolute atomic E-state index is 0. The van der Waals surface area contributed by atoms with E-state index in [4.69, 9.17) is 9.96 Å². The van der Waals surface area contributed by atoms with Gasteiger partial charge in [-0.3, -0.25) is 0 Å². The van der Waals surface area contributed by atoms with Crippen molar-refractivity contribution in [1.29, 1.82) is 0 Å². The molecule has 2 aromatic rings. The van der Waals surface area contributed by atoms with Crippen molar-refractivity contribution in [2.75, 3.05) is 0 Å². The Labute approximate surface area is 216 Å². The van der Waals surface area contributed by atoms with Gasteiger partial charge in [-0.15, -0.1) is 32.9 Å². The van der Waals surface area contributed by atoms with E-state index in [0.717, 1.165) is 0 Å². The molecule has 2 nitrogen and oxygen atoms in total. The van der Waals surface area contributed by atoms with Crippen molar-refractivity contribution >= 4 is 44.2 Å². The zero-order valence-corrected chi connectivity index (χ0v) is 25.3. The predicted molar refractivity (Wildman–Crippen MR) is 139 cm³/mol. The minimum Gasteiger partial charge on any atom is -1.00 e. The quantitative estimate of drug-likeness (QED) is 0.340. The summed E-state index contributed by atoms with van der Waals surface area (Å²) >= 11 is 0. The maximum Gasteiger partial charge on any atom is 3.00 e. The van der Waals surface area contributed by atoms with Crippen LogP contribution in [-0.4, -0.2) is 32.8 Å². The van der Waals surface area contributed by atoms with Crippen LogP contribution in [0.2, 0.25) is 13.1 Å². The summed E-state index contributed by atoms with van der Waals surface area (Å²) in [6.45, 7) is 22.6. The average molecular weight is 566 g/mol. The van der Waals surface area contributed by atoms with Crippen LogP contribution >= 0.6 is 0 Å². The first-order valence-electron chi connectivity index (χ1n) is 11.2. The summed E-state index contributed by atoms with van der Waals surface area (Å²) in [6.07, 6.45) is 0. The van der Waals surface area contributed by atoms with E-state index in [2.05, 4.69) is 105 Å². The first-order chi connectivity index (χ1) is 13.4. The molecule has 5 heteroatoms. The van der Waals surface area contributed by atoms with E-state index in [0.29, 0.717) is 23.7 Å². The Hall–Kier alpha value is -0.635. The molecular formula is C26H40ClN2SbSi. The van der Waals surface area contributed by atoms with E-state index in [9.17, 15) is 0 Å². The van der Waals surface area contributed by atoms with Gasteiger partial charge in [-0.2, -0.15) is 0 Å². The van der Waals surface area contributed by atoms with Crippen LogP contribution in [-0.2, 0) is 0 Å². The number of hydrogen-bond donors (Lipinski definition) is 0. The Bertz CT molecular complexity index is 712. The van der Waals surface area contributed by atoms with Crippen molar-refractivity contribution < 1.29 is 12.4 Å². The Morgan fingerprint density at radius 2 is 0.774 bits per heavy atom. The van der Waals surface area contributed by atoms with E-state index >= 15 is 0 Å². The van der Waals surface area contributed by atoms with Gasteiger partial charge in [0.25, 0.3) is 0 Å². The molecule has 0 aromatic heterocycles. The third-order valence-electron chi connectivity index (χ3n) is 5.46. The van der Waals surface area contributed by atoms with E-state index in [1.165, 1.54) is 33.6 Å². The molecule has 0 aliphatic carbocycles. The van der Waals surface area contributed by atoms with Gasteiger partial charge in [0.15, 0.2) is 0 Å². The number of halogens is 1. The monoisotopic (exact) mass is 564 g/mol. The number of hydrogen-bond acceptors (Lipinski definition) is 0. The van der Waals surface area contributed by atoms with Gasteiger partial charge >= 0.3 is 24.4 Å². The van der Waals surface area contributed by atoms with Gasteiger partial charge in [0.2, 0.25) is 0 Å². The fraction of sp³-hybridized carbons (Fsp3) is 0.538. The summed E-state index contributed by atoms with van der Waals surface area (Å²) < 4.78 is 0. The molecule has 0 heterocycles. The van der Waals surface area contributed by atoms with Gasteiger partial charge in [-0.25, -0.2) is 0 Å². The standard InChI is InChI=1S/C26H40N2Si.ClH.Sb/c1-17(2)21-13-11-14-22(18(3)4)25(21)27-29(9,10)28-26-23(19(5)6)15-12-16-24(26)20(7)8;;/h11-20H,1-10H3;1H;/q-2;;+3/p-1. The SMILES string of the molecule is CC(C)c1cccc(C(C)C)c1[N-][Si](C)(C)[N-]c1c(C(C)C)cccc1C(C)C.[Cl-].[Sb+3]. The first kappa shape index (κ1) is 30.4. The number of benzene rings is 2. The smallest absolute Gasteiger partial charge is 1.00 e. The summed E-state index contributed by atoms with van der Waals surface area (Å²) in [7, 11) is -2.24. The van der Waals surface area contributed by atoms with Gasteiger partial charge in [0, 0.05) is 0 Å². The minimum atomic E-state index is -2.24. The van der Waals surface area contributed by atoms with Crippen LogP contribution in [0.25, 0.3) is 9.96 Å². The molecule has 2 radical (unpaired) electrons. The molecule has 0 atom stereocenters. The number of nitrogens with zero attached hydrogens (tertiary/aromatic N) is 2. The van der Waals surface area contributed by atoms with Crippen molar-refractivity contribution in [3.8, 4) is 0 Å². The van der Waals surface area contributed by atoms with Crippen LogP contribution in [0.4, 0.5) is 11.4 Å². The Balaban J connectivity index is 0.00000450. The van der Waals surface area contributed by atoms with Gasteiger partial charge in [0.05, 0.1) is 0 Å². The zero-order chi connectivity index (χ0) is 21.9. The molecular weight excluding hydrogens is 526 g/mol. The van der Waals surface area contributed by atoms with E-state index in [1.54, 1.807) is 0 Å². The largest absolute Gasteiger partial charge is 3.00 e. The van der Waals surface area contributed by atoms with Gasteiger partial charge in [-0.1, -0.05) is 114 Å². The molecule has 31 heavy (non-hydrogen) atoms. The fourth-order valence-corrected chi connectivity index (χ4v) is 5.51. The second-order valence-corrected chi connectivity index (χ2v) is 13.3. The summed E-state index contributed by atoms with van der Waals surface area (Å²) in [5.74, 6) is 1.80. The zero-order valence-electron chi connectivity index (χ0n) is 21.0. The van der Waals surface area contributed by atoms with Crippen molar-refractivity contribution in [2.24, 2.45) is 0 Å². The summed E-state index contributed by atoms with van der Waals surface area (Å²) in [6, 6.07) is 13.3. The third-order valence-corrected chi connectivity index (χ3v) is 7.00. The summed E-state index contributed by atoms with van der Waals surface area (Å²) in [5, 5.41) is 0. The van der Waals surface area contributed by atoms with E-state index in [1.807, 2.05) is 0 Å². The van der Waals surface area contributed by atoms with Crippen molar-refractivity contribution in [3.05, 3.63) is 68.6 Å². The van der Waals surface area contributed by atoms with E-state index < -0.39 is 8.40 Å². The normalized spacial score (nSPS) is 11.5. The van der Waals surface area contributed by atoms with Crippen LogP contribution in [0.5, 0.6) is 0 Å². The van der Waals surface area contributed by atoms with Crippen LogP contribution < -0.4 is 12.4 Å². The predicted octanol–water partition coefficient (Wildman–Crippen LogP) is 6.22. The maximum atomic E-state index is 5.40. The van der Waals surface area contributed by atoms with Crippen LogP contribution in [0, 0.1) is 0 Å². The molecule has 0 amide bonds. The Morgan fingerprint density at radius 1 is 0.548 bits per heavy atom. The molecule has 0 bridgehead atoms. The molecule has 0 aliphatic rings. The molecule has 0 aliphatic heterocycles. The molecule has 0 unspecified atom stereocenters. The van der Waals surface area contributed by atoms with Crippen molar-refractivity contribution in [2.45, 2.75) is 92.2 Å². The van der Waals surface area contributed by atoms with Gasteiger partial charge < -0.3 is 22.4 Å². The number of rotatable bonds is 8. The Morgan fingerprint density at radius 3 is 0.968 bits per heavy atom. The van der Waals surface area contributed by atoms with Gasteiger partial charge in [-0.05, 0) is 23.7 Å². The van der Waals surface area contributed by atoms with Gasteiger partial charge in [0.1, 0.15) is 0 Å². The molecule has 0 N–H and O–H groups in total. The molecule has 170 valence electrons.